The lowest BCUT2D eigenvalue weighted by Gasteiger charge is -2.04. The van der Waals surface area contributed by atoms with E-state index in [2.05, 4.69) is 32.5 Å². The molecule has 0 saturated carbocycles. The lowest BCUT2D eigenvalue weighted by atomic mass is 10.1. The van der Waals surface area contributed by atoms with Gasteiger partial charge in [0, 0.05) is 17.7 Å². The van der Waals surface area contributed by atoms with Crippen LogP contribution < -0.4 is 0 Å². The van der Waals surface area contributed by atoms with Crippen LogP contribution in [0.15, 0.2) is 59.7 Å². The monoisotopic (exact) mass is 420 g/mol. The fourth-order valence-electron chi connectivity index (χ4n) is 3.27. The van der Waals surface area contributed by atoms with Gasteiger partial charge in [-0.15, -0.1) is 0 Å². The summed E-state index contributed by atoms with van der Waals surface area (Å²) >= 11 is 5.33. The maximum Gasteiger partial charge on any atom is 0.216 e. The lowest BCUT2D eigenvalue weighted by Crippen LogP contribution is -2.04. The maximum atomic E-state index is 13.2. The van der Waals surface area contributed by atoms with Gasteiger partial charge in [0.15, 0.2) is 5.82 Å². The van der Waals surface area contributed by atoms with Crippen LogP contribution in [0.4, 0.5) is 4.39 Å². The van der Waals surface area contributed by atoms with Crippen molar-refractivity contribution < 1.29 is 4.39 Å². The van der Waals surface area contributed by atoms with Crippen LogP contribution in [0.25, 0.3) is 0 Å². The summed E-state index contributed by atoms with van der Waals surface area (Å²) < 4.78 is 17.1. The lowest BCUT2D eigenvalue weighted by molar-refractivity contribution is 0.627. The summed E-state index contributed by atoms with van der Waals surface area (Å²) in [6.07, 6.45) is 2.24. The van der Waals surface area contributed by atoms with Crippen LogP contribution in [0.3, 0.4) is 0 Å². The number of aromatic nitrogens is 5. The smallest absolute Gasteiger partial charge is 0.216 e. The van der Waals surface area contributed by atoms with Crippen molar-refractivity contribution in [2.75, 3.05) is 0 Å². The molecule has 152 valence electrons. The zero-order valence-electron chi connectivity index (χ0n) is 16.7. The van der Waals surface area contributed by atoms with Gasteiger partial charge in [-0.25, -0.2) is 4.39 Å². The van der Waals surface area contributed by atoms with Crippen molar-refractivity contribution in [1.29, 1.82) is 0 Å². The molecule has 4 aromatic rings. The minimum Gasteiger partial charge on any atom is -0.265 e. The average Bonchev–Trinajstić information content (AvgIpc) is 3.22. The van der Waals surface area contributed by atoms with Crippen LogP contribution in [-0.4, -0.2) is 30.9 Å². The van der Waals surface area contributed by atoms with Gasteiger partial charge in [-0.05, 0) is 49.3 Å². The van der Waals surface area contributed by atoms with Crippen LogP contribution in [0.2, 0.25) is 0 Å². The molecule has 0 aliphatic carbocycles. The normalized spacial score (nSPS) is 11.4. The number of benzene rings is 2. The molecule has 0 radical (unpaired) electrons. The highest BCUT2D eigenvalue weighted by Gasteiger charge is 2.11. The van der Waals surface area contributed by atoms with Gasteiger partial charge in [0.05, 0.1) is 18.5 Å². The quantitative estimate of drug-likeness (QED) is 0.371. The van der Waals surface area contributed by atoms with E-state index in [-0.39, 0.29) is 5.82 Å². The molecule has 8 heteroatoms. The summed E-state index contributed by atoms with van der Waals surface area (Å²) in [4.78, 5) is 0. The minimum atomic E-state index is -0.269. The van der Waals surface area contributed by atoms with E-state index in [0.717, 1.165) is 22.5 Å². The van der Waals surface area contributed by atoms with Gasteiger partial charge in [-0.3, -0.25) is 9.78 Å². The number of nitrogens with one attached hydrogen (secondary N) is 1. The number of hydrogen-bond acceptors (Lipinski definition) is 4. The van der Waals surface area contributed by atoms with Crippen LogP contribution in [0.5, 0.6) is 0 Å². The molecule has 0 bridgehead atoms. The Hall–Kier alpha value is -3.39. The van der Waals surface area contributed by atoms with E-state index in [1.807, 2.05) is 36.7 Å². The molecular formula is C22H21FN6S. The fourth-order valence-corrected chi connectivity index (χ4v) is 3.46. The zero-order valence-corrected chi connectivity index (χ0v) is 17.5. The number of H-pyrrole nitrogens is 1. The van der Waals surface area contributed by atoms with E-state index >= 15 is 0 Å². The van der Waals surface area contributed by atoms with E-state index in [4.69, 9.17) is 12.2 Å². The third-order valence-corrected chi connectivity index (χ3v) is 5.17. The summed E-state index contributed by atoms with van der Waals surface area (Å²) in [5, 5.41) is 16.3. The topological polar surface area (TPSA) is 63.8 Å². The molecule has 30 heavy (non-hydrogen) atoms. The third kappa shape index (κ3) is 4.28. The Morgan fingerprint density at radius 1 is 1.07 bits per heavy atom. The number of hydrogen-bond donors (Lipinski definition) is 1. The Balaban J connectivity index is 1.59. The molecule has 0 aliphatic rings. The zero-order chi connectivity index (χ0) is 21.1. The summed E-state index contributed by atoms with van der Waals surface area (Å²) in [7, 11) is 0. The summed E-state index contributed by atoms with van der Waals surface area (Å²) in [6, 6.07) is 16.5. The highest BCUT2D eigenvalue weighted by atomic mass is 32.1. The minimum absolute atomic E-state index is 0.269. The highest BCUT2D eigenvalue weighted by molar-refractivity contribution is 7.71. The molecule has 2 aromatic heterocycles. The molecule has 6 nitrogen and oxygen atoms in total. The van der Waals surface area contributed by atoms with Crippen molar-refractivity contribution >= 4 is 18.4 Å². The van der Waals surface area contributed by atoms with E-state index in [0.29, 0.717) is 23.6 Å². The van der Waals surface area contributed by atoms with Crippen molar-refractivity contribution in [3.8, 4) is 0 Å². The second-order valence-corrected chi connectivity index (χ2v) is 7.42. The van der Waals surface area contributed by atoms with Crippen LogP contribution in [0, 0.1) is 24.4 Å². The summed E-state index contributed by atoms with van der Waals surface area (Å²) in [5.74, 6) is 0.379. The van der Waals surface area contributed by atoms with Crippen LogP contribution in [-0.2, 0) is 13.0 Å². The van der Waals surface area contributed by atoms with Crippen molar-refractivity contribution in [3.05, 3.63) is 99.1 Å². The molecule has 0 unspecified atom stereocenters. The average molecular weight is 421 g/mol. The molecule has 1 N–H and O–H groups in total. The van der Waals surface area contributed by atoms with Crippen molar-refractivity contribution in [1.82, 2.24) is 24.7 Å². The van der Waals surface area contributed by atoms with Gasteiger partial charge >= 0.3 is 0 Å². The van der Waals surface area contributed by atoms with Crippen LogP contribution in [0.1, 0.15) is 33.9 Å². The van der Waals surface area contributed by atoms with Crippen molar-refractivity contribution in [2.45, 2.75) is 26.8 Å². The Labute approximate surface area is 178 Å². The summed E-state index contributed by atoms with van der Waals surface area (Å²) in [6.45, 7) is 4.69. The fraction of sp³-hybridized carbons (Fsp3) is 0.182. The Kier molecular flexibility index (Phi) is 5.67. The molecule has 0 spiro atoms. The Morgan fingerprint density at radius 3 is 2.53 bits per heavy atom. The van der Waals surface area contributed by atoms with E-state index in [9.17, 15) is 4.39 Å². The van der Waals surface area contributed by atoms with E-state index in [1.165, 1.54) is 17.7 Å². The molecule has 0 saturated heterocycles. The predicted molar refractivity (Wildman–Crippen MR) is 117 cm³/mol. The Bertz CT molecular complexity index is 1240. The first-order valence-corrected chi connectivity index (χ1v) is 9.95. The van der Waals surface area contributed by atoms with Gasteiger partial charge in [0.2, 0.25) is 4.77 Å². The SMILES string of the molecule is Cc1nn(Cc2ccccc2)c(C)c1/C=N\n1c(Cc2ccc(F)cc2)n[nH]c1=S. The van der Waals surface area contributed by atoms with Crippen LogP contribution >= 0.6 is 12.2 Å². The first kappa shape index (κ1) is 19.9. The summed E-state index contributed by atoms with van der Waals surface area (Å²) in [5.41, 5.74) is 4.97. The third-order valence-electron chi connectivity index (χ3n) is 4.91. The first-order valence-electron chi connectivity index (χ1n) is 9.54. The number of rotatable bonds is 6. The van der Waals surface area contributed by atoms with Gasteiger partial charge in [0.1, 0.15) is 5.82 Å². The highest BCUT2D eigenvalue weighted by Crippen LogP contribution is 2.14. The number of nitrogens with zero attached hydrogens (tertiary/aromatic N) is 5. The standard InChI is InChI=1S/C22H21FN6S/c1-15-20(16(2)28(27-15)14-18-6-4-3-5-7-18)13-24-29-21(25-26-22(29)30)12-17-8-10-19(23)11-9-17/h3-11,13H,12,14H2,1-2H3,(H,26,30)/b24-13-. The largest absolute Gasteiger partial charge is 0.265 e. The molecular weight excluding hydrogens is 399 g/mol. The molecule has 0 atom stereocenters. The predicted octanol–water partition coefficient (Wildman–Crippen LogP) is 4.41. The number of aromatic amines is 1. The molecule has 4 rings (SSSR count). The second-order valence-electron chi connectivity index (χ2n) is 7.03. The van der Waals surface area contributed by atoms with Crippen molar-refractivity contribution in [2.24, 2.45) is 5.10 Å². The molecule has 0 aliphatic heterocycles. The molecule has 2 aromatic carbocycles. The van der Waals surface area contributed by atoms with Gasteiger partial charge in [-0.1, -0.05) is 42.5 Å². The molecule has 2 heterocycles. The second kappa shape index (κ2) is 8.54. The number of halogens is 1. The van der Waals surface area contributed by atoms with Crippen molar-refractivity contribution in [3.63, 3.8) is 0 Å². The molecule has 0 fully saturated rings. The molecule has 0 amide bonds. The van der Waals surface area contributed by atoms with Gasteiger partial charge in [-0.2, -0.15) is 20.0 Å². The van der Waals surface area contributed by atoms with E-state index < -0.39 is 0 Å². The maximum absolute atomic E-state index is 13.2. The van der Waals surface area contributed by atoms with E-state index in [1.54, 1.807) is 23.0 Å². The van der Waals surface area contributed by atoms with Gasteiger partial charge < -0.3 is 0 Å². The van der Waals surface area contributed by atoms with Gasteiger partial charge in [0.25, 0.3) is 0 Å². The first-order chi connectivity index (χ1) is 14.5. The Morgan fingerprint density at radius 2 is 1.80 bits per heavy atom. The number of aryl methyl sites for hydroxylation is 1.